The summed E-state index contributed by atoms with van der Waals surface area (Å²) in [6.45, 7) is 6.00. The zero-order chi connectivity index (χ0) is 12.3. The van der Waals surface area contributed by atoms with Crippen LogP contribution in [0.4, 0.5) is 0 Å². The third-order valence-corrected chi connectivity index (χ3v) is 2.69. The van der Waals surface area contributed by atoms with Crippen LogP contribution in [-0.4, -0.2) is 22.3 Å². The summed E-state index contributed by atoms with van der Waals surface area (Å²) in [7, 11) is 0. The molecule has 3 nitrogen and oxygen atoms in total. The normalized spacial score (nSPS) is 12.5. The molecule has 16 heavy (non-hydrogen) atoms. The highest BCUT2D eigenvalue weighted by Gasteiger charge is 2.13. The van der Waals surface area contributed by atoms with Gasteiger partial charge in [0.15, 0.2) is 0 Å². The van der Waals surface area contributed by atoms with Gasteiger partial charge in [0.25, 0.3) is 0 Å². The highest BCUT2D eigenvalue weighted by atomic mass is 16.4. The highest BCUT2D eigenvalue weighted by Crippen LogP contribution is 2.18. The molecule has 0 amide bonds. The molecule has 3 heteroatoms. The molecular formula is C13H18O3. The monoisotopic (exact) mass is 222 g/mol. The Kier molecular flexibility index (Phi) is 4.07. The number of hydrogen-bond acceptors (Lipinski definition) is 2. The predicted octanol–water partition coefficient (Wildman–Crippen LogP) is 1.99. The molecule has 0 fully saturated rings. The van der Waals surface area contributed by atoms with E-state index in [9.17, 15) is 9.90 Å². The maximum absolute atomic E-state index is 10.5. The second-order valence-electron chi connectivity index (χ2n) is 4.33. The molecule has 0 aliphatic heterocycles. The minimum absolute atomic E-state index is 0.202. The van der Waals surface area contributed by atoms with E-state index < -0.39 is 12.1 Å². The van der Waals surface area contributed by atoms with Gasteiger partial charge in [-0.05, 0) is 43.9 Å². The molecule has 88 valence electrons. The SMILES string of the molecule is Cc1cc(C)c(C[C@H](O)CC(=O)O)c(C)c1. The van der Waals surface area contributed by atoms with Crippen LogP contribution in [0.15, 0.2) is 12.1 Å². The molecule has 0 aliphatic rings. The van der Waals surface area contributed by atoms with Crippen molar-refractivity contribution < 1.29 is 15.0 Å². The smallest absolute Gasteiger partial charge is 0.305 e. The first kappa shape index (κ1) is 12.7. The molecular weight excluding hydrogens is 204 g/mol. The second kappa shape index (κ2) is 5.12. The molecule has 0 saturated carbocycles. The van der Waals surface area contributed by atoms with Gasteiger partial charge in [-0.3, -0.25) is 4.79 Å². The van der Waals surface area contributed by atoms with E-state index >= 15 is 0 Å². The third-order valence-electron chi connectivity index (χ3n) is 2.69. The number of aryl methyl sites for hydroxylation is 3. The number of carbonyl (C=O) groups is 1. The first-order valence-electron chi connectivity index (χ1n) is 5.36. The zero-order valence-electron chi connectivity index (χ0n) is 9.95. The topological polar surface area (TPSA) is 57.5 Å². The lowest BCUT2D eigenvalue weighted by Crippen LogP contribution is -2.17. The number of carboxylic acids is 1. The maximum atomic E-state index is 10.5. The zero-order valence-corrected chi connectivity index (χ0v) is 9.95. The number of benzene rings is 1. The molecule has 1 aromatic carbocycles. The number of aliphatic hydroxyl groups is 1. The van der Waals surface area contributed by atoms with E-state index in [0.717, 1.165) is 16.7 Å². The van der Waals surface area contributed by atoms with Crippen molar-refractivity contribution in [3.05, 3.63) is 34.4 Å². The van der Waals surface area contributed by atoms with Crippen LogP contribution in [0.2, 0.25) is 0 Å². The summed E-state index contributed by atoms with van der Waals surface area (Å²) >= 11 is 0. The van der Waals surface area contributed by atoms with Crippen LogP contribution in [0.3, 0.4) is 0 Å². The Morgan fingerprint density at radius 2 is 1.75 bits per heavy atom. The Balaban J connectivity index is 2.85. The van der Waals surface area contributed by atoms with Gasteiger partial charge < -0.3 is 10.2 Å². The molecule has 0 saturated heterocycles. The average molecular weight is 222 g/mol. The molecule has 0 aliphatic carbocycles. The van der Waals surface area contributed by atoms with Crippen LogP contribution in [0.5, 0.6) is 0 Å². The molecule has 0 heterocycles. The Bertz CT molecular complexity index is 373. The van der Waals surface area contributed by atoms with E-state index in [0.29, 0.717) is 6.42 Å². The standard InChI is InChI=1S/C13H18O3/c1-8-4-9(2)12(10(3)5-8)6-11(14)7-13(15)16/h4-5,11,14H,6-7H2,1-3H3,(H,15,16)/t11-/m0/s1. The van der Waals surface area contributed by atoms with E-state index in [-0.39, 0.29) is 6.42 Å². The predicted molar refractivity (Wildman–Crippen MR) is 62.6 cm³/mol. The van der Waals surface area contributed by atoms with Crippen LogP contribution >= 0.6 is 0 Å². The lowest BCUT2D eigenvalue weighted by molar-refractivity contribution is -0.139. The molecule has 2 N–H and O–H groups in total. The van der Waals surface area contributed by atoms with E-state index in [2.05, 4.69) is 12.1 Å². The van der Waals surface area contributed by atoms with Crippen molar-refractivity contribution in [1.82, 2.24) is 0 Å². The quantitative estimate of drug-likeness (QED) is 0.819. The Morgan fingerprint density at radius 1 is 1.25 bits per heavy atom. The summed E-state index contributed by atoms with van der Waals surface area (Å²) in [5.74, 6) is -0.963. The Labute approximate surface area is 95.7 Å². The number of aliphatic carboxylic acids is 1. The average Bonchev–Trinajstić information content (AvgIpc) is 2.09. The molecule has 0 spiro atoms. The van der Waals surface area contributed by atoms with Crippen molar-refractivity contribution >= 4 is 5.97 Å². The molecule has 0 unspecified atom stereocenters. The first-order valence-corrected chi connectivity index (χ1v) is 5.36. The van der Waals surface area contributed by atoms with Crippen LogP contribution in [0.25, 0.3) is 0 Å². The summed E-state index contributed by atoms with van der Waals surface area (Å²) in [5, 5.41) is 18.2. The van der Waals surface area contributed by atoms with Gasteiger partial charge in [0.05, 0.1) is 12.5 Å². The van der Waals surface area contributed by atoms with Gasteiger partial charge >= 0.3 is 5.97 Å². The van der Waals surface area contributed by atoms with E-state index in [1.54, 1.807) is 0 Å². The van der Waals surface area contributed by atoms with Crippen LogP contribution in [0, 0.1) is 20.8 Å². The fourth-order valence-electron chi connectivity index (χ4n) is 2.04. The van der Waals surface area contributed by atoms with E-state index in [1.807, 2.05) is 20.8 Å². The van der Waals surface area contributed by atoms with Crippen LogP contribution in [-0.2, 0) is 11.2 Å². The molecule has 0 aromatic heterocycles. The lowest BCUT2D eigenvalue weighted by Gasteiger charge is -2.14. The second-order valence-corrected chi connectivity index (χ2v) is 4.33. The summed E-state index contributed by atoms with van der Waals surface area (Å²) in [6, 6.07) is 4.10. The van der Waals surface area contributed by atoms with E-state index in [4.69, 9.17) is 5.11 Å². The number of hydrogen-bond donors (Lipinski definition) is 2. The van der Waals surface area contributed by atoms with E-state index in [1.165, 1.54) is 5.56 Å². The van der Waals surface area contributed by atoms with Crippen molar-refractivity contribution in [2.24, 2.45) is 0 Å². The van der Waals surface area contributed by atoms with Gasteiger partial charge in [-0.15, -0.1) is 0 Å². The lowest BCUT2D eigenvalue weighted by atomic mass is 9.94. The van der Waals surface area contributed by atoms with Gasteiger partial charge in [0, 0.05) is 0 Å². The first-order chi connectivity index (χ1) is 7.40. The van der Waals surface area contributed by atoms with Crippen molar-refractivity contribution in [2.75, 3.05) is 0 Å². The fourth-order valence-corrected chi connectivity index (χ4v) is 2.04. The van der Waals surface area contributed by atoms with Crippen LogP contribution < -0.4 is 0 Å². The van der Waals surface area contributed by atoms with Gasteiger partial charge in [0.2, 0.25) is 0 Å². The molecule has 0 bridgehead atoms. The molecule has 1 aromatic rings. The van der Waals surface area contributed by atoms with Gasteiger partial charge in [0.1, 0.15) is 0 Å². The van der Waals surface area contributed by atoms with Gasteiger partial charge in [-0.2, -0.15) is 0 Å². The number of aliphatic hydroxyl groups excluding tert-OH is 1. The number of rotatable bonds is 4. The molecule has 1 atom stereocenters. The fraction of sp³-hybridized carbons (Fsp3) is 0.462. The highest BCUT2D eigenvalue weighted by molar-refractivity contribution is 5.67. The molecule has 1 rings (SSSR count). The van der Waals surface area contributed by atoms with Crippen molar-refractivity contribution in [3.63, 3.8) is 0 Å². The largest absolute Gasteiger partial charge is 0.481 e. The van der Waals surface area contributed by atoms with Crippen molar-refractivity contribution in [2.45, 2.75) is 39.7 Å². The summed E-state index contributed by atoms with van der Waals surface area (Å²) < 4.78 is 0. The minimum Gasteiger partial charge on any atom is -0.481 e. The van der Waals surface area contributed by atoms with Gasteiger partial charge in [-0.1, -0.05) is 17.7 Å². The molecule has 0 radical (unpaired) electrons. The van der Waals surface area contributed by atoms with Crippen LogP contribution in [0.1, 0.15) is 28.7 Å². The maximum Gasteiger partial charge on any atom is 0.305 e. The Hall–Kier alpha value is -1.35. The van der Waals surface area contributed by atoms with Crippen molar-refractivity contribution in [1.29, 1.82) is 0 Å². The van der Waals surface area contributed by atoms with Crippen molar-refractivity contribution in [3.8, 4) is 0 Å². The summed E-state index contributed by atoms with van der Waals surface area (Å²) in [4.78, 5) is 10.5. The summed E-state index contributed by atoms with van der Waals surface area (Å²) in [5.41, 5.74) is 4.47. The minimum atomic E-state index is -0.963. The van der Waals surface area contributed by atoms with Gasteiger partial charge in [-0.25, -0.2) is 0 Å². The third kappa shape index (κ3) is 3.35. The summed E-state index contributed by atoms with van der Waals surface area (Å²) in [6.07, 6.45) is -0.602. The Morgan fingerprint density at radius 3 is 2.19 bits per heavy atom. The number of carboxylic acid groups (broad SMARTS) is 1.